The van der Waals surface area contributed by atoms with Crippen LogP contribution in [0, 0.1) is 13.8 Å². The standard InChI is InChI=1S/C31H32N4O4/c1-17-12-22(19-8-7-9-20(14-19)29(38)39)27(36)25(13-17)32-33-26-18(2)34-35(28(26)37)21-10-11-23-24(15-21)31(5,6)16-30(23,3)4/h7-15,34,36H,16H2,1-6H3,(H,38,39). The van der Waals surface area contributed by atoms with Gasteiger partial charge in [0.15, 0.2) is 11.4 Å². The van der Waals surface area contributed by atoms with Crippen molar-refractivity contribution in [2.75, 3.05) is 0 Å². The summed E-state index contributed by atoms with van der Waals surface area (Å²) in [5.41, 5.74) is 5.72. The van der Waals surface area contributed by atoms with Crippen molar-refractivity contribution in [3.63, 3.8) is 0 Å². The van der Waals surface area contributed by atoms with Gasteiger partial charge >= 0.3 is 5.97 Å². The molecule has 0 atom stereocenters. The molecule has 5 rings (SSSR count). The lowest BCUT2D eigenvalue weighted by molar-refractivity contribution is 0.0697. The Labute approximate surface area is 226 Å². The minimum Gasteiger partial charge on any atom is -0.505 e. The van der Waals surface area contributed by atoms with Crippen LogP contribution in [0.2, 0.25) is 0 Å². The molecule has 0 saturated heterocycles. The Morgan fingerprint density at radius 1 is 0.949 bits per heavy atom. The lowest BCUT2D eigenvalue weighted by Crippen LogP contribution is -2.18. The molecule has 8 nitrogen and oxygen atoms in total. The summed E-state index contributed by atoms with van der Waals surface area (Å²) in [6.07, 6.45) is 1.03. The quantitative estimate of drug-likeness (QED) is 0.239. The van der Waals surface area contributed by atoms with Crippen LogP contribution in [0.4, 0.5) is 11.4 Å². The number of carboxylic acids is 1. The van der Waals surface area contributed by atoms with Gasteiger partial charge in [-0.15, -0.1) is 10.2 Å². The zero-order valence-electron chi connectivity index (χ0n) is 23.0. The number of phenols is 1. The number of fused-ring (bicyclic) bond motifs is 1. The van der Waals surface area contributed by atoms with Gasteiger partial charge in [0.1, 0.15) is 5.69 Å². The number of aromatic amines is 1. The van der Waals surface area contributed by atoms with Gasteiger partial charge in [0, 0.05) is 5.56 Å². The van der Waals surface area contributed by atoms with E-state index in [1.54, 1.807) is 31.2 Å². The molecule has 0 aliphatic heterocycles. The van der Waals surface area contributed by atoms with E-state index in [1.165, 1.54) is 27.9 Å². The molecule has 0 fully saturated rings. The second-order valence-corrected chi connectivity index (χ2v) is 11.7. The summed E-state index contributed by atoms with van der Waals surface area (Å²) < 4.78 is 1.48. The van der Waals surface area contributed by atoms with Crippen molar-refractivity contribution in [1.82, 2.24) is 9.78 Å². The summed E-state index contributed by atoms with van der Waals surface area (Å²) in [4.78, 5) is 24.8. The lowest BCUT2D eigenvalue weighted by Gasteiger charge is -2.22. The third-order valence-electron chi connectivity index (χ3n) is 7.56. The number of rotatable bonds is 5. The van der Waals surface area contributed by atoms with Crippen molar-refractivity contribution < 1.29 is 15.0 Å². The molecule has 200 valence electrons. The molecule has 3 aromatic carbocycles. The predicted molar refractivity (Wildman–Crippen MR) is 151 cm³/mol. The van der Waals surface area contributed by atoms with Gasteiger partial charge in [-0.3, -0.25) is 9.89 Å². The average molecular weight is 525 g/mol. The summed E-state index contributed by atoms with van der Waals surface area (Å²) in [6.45, 7) is 12.6. The van der Waals surface area contributed by atoms with Gasteiger partial charge in [-0.2, -0.15) is 0 Å². The molecule has 0 radical (unpaired) electrons. The third-order valence-corrected chi connectivity index (χ3v) is 7.56. The van der Waals surface area contributed by atoms with Crippen molar-refractivity contribution >= 4 is 17.3 Å². The number of carbonyl (C=O) groups is 1. The molecule has 1 aromatic heterocycles. The highest BCUT2D eigenvalue weighted by Gasteiger charge is 2.41. The number of benzene rings is 3. The fraction of sp³-hybridized carbons (Fsp3) is 0.290. The highest BCUT2D eigenvalue weighted by atomic mass is 16.4. The van der Waals surface area contributed by atoms with E-state index < -0.39 is 5.97 Å². The van der Waals surface area contributed by atoms with E-state index in [0.717, 1.165) is 17.7 Å². The van der Waals surface area contributed by atoms with Gasteiger partial charge < -0.3 is 10.2 Å². The van der Waals surface area contributed by atoms with Crippen molar-refractivity contribution in [3.05, 3.63) is 92.9 Å². The van der Waals surface area contributed by atoms with Crippen molar-refractivity contribution in [2.45, 2.75) is 58.8 Å². The van der Waals surface area contributed by atoms with E-state index in [-0.39, 0.29) is 39.1 Å². The molecule has 1 heterocycles. The fourth-order valence-electron chi connectivity index (χ4n) is 5.93. The molecule has 8 heteroatoms. The largest absolute Gasteiger partial charge is 0.505 e. The van der Waals surface area contributed by atoms with Crippen molar-refractivity contribution in [1.29, 1.82) is 0 Å². The number of hydrogen-bond acceptors (Lipinski definition) is 5. The van der Waals surface area contributed by atoms with Gasteiger partial charge in [0.25, 0.3) is 5.56 Å². The Balaban J connectivity index is 1.53. The van der Waals surface area contributed by atoms with Gasteiger partial charge in [0.2, 0.25) is 0 Å². The van der Waals surface area contributed by atoms with Crippen LogP contribution in [0.15, 0.2) is 69.6 Å². The Morgan fingerprint density at radius 3 is 2.38 bits per heavy atom. The smallest absolute Gasteiger partial charge is 0.335 e. The van der Waals surface area contributed by atoms with Crippen LogP contribution in [0.25, 0.3) is 16.8 Å². The van der Waals surface area contributed by atoms with Crippen molar-refractivity contribution in [2.24, 2.45) is 10.2 Å². The molecule has 1 aliphatic rings. The number of aromatic carboxylic acids is 1. The number of hydrogen-bond donors (Lipinski definition) is 3. The van der Waals surface area contributed by atoms with Crippen LogP contribution >= 0.6 is 0 Å². The van der Waals surface area contributed by atoms with Crippen LogP contribution in [0.5, 0.6) is 5.75 Å². The number of phenolic OH excluding ortho intramolecular Hbond substituents is 1. The molecule has 0 amide bonds. The van der Waals surface area contributed by atoms with Crippen LogP contribution < -0.4 is 5.56 Å². The van der Waals surface area contributed by atoms with Gasteiger partial charge in [0.05, 0.1) is 16.9 Å². The summed E-state index contributed by atoms with van der Waals surface area (Å²) in [6, 6.07) is 15.9. The summed E-state index contributed by atoms with van der Waals surface area (Å²) in [5, 5.41) is 31.9. The van der Waals surface area contributed by atoms with Crippen molar-refractivity contribution in [3.8, 4) is 22.6 Å². The summed E-state index contributed by atoms with van der Waals surface area (Å²) >= 11 is 0. The Morgan fingerprint density at radius 2 is 1.67 bits per heavy atom. The maximum atomic E-state index is 13.4. The van der Waals surface area contributed by atoms with E-state index >= 15 is 0 Å². The van der Waals surface area contributed by atoms with E-state index in [0.29, 0.717) is 16.8 Å². The molecule has 4 aromatic rings. The monoisotopic (exact) mass is 524 g/mol. The first-order chi connectivity index (χ1) is 18.3. The topological polar surface area (TPSA) is 120 Å². The molecule has 39 heavy (non-hydrogen) atoms. The number of carboxylic acid groups (broad SMARTS) is 1. The summed E-state index contributed by atoms with van der Waals surface area (Å²) in [7, 11) is 0. The fourth-order valence-corrected chi connectivity index (χ4v) is 5.93. The number of H-pyrrole nitrogens is 1. The average Bonchev–Trinajstić information content (AvgIpc) is 3.26. The molecule has 3 N–H and O–H groups in total. The normalized spacial score (nSPS) is 15.5. The maximum absolute atomic E-state index is 13.4. The molecular weight excluding hydrogens is 492 g/mol. The number of nitrogens with one attached hydrogen (secondary N) is 1. The van der Waals surface area contributed by atoms with Crippen LogP contribution in [0.3, 0.4) is 0 Å². The van der Waals surface area contributed by atoms with Gasteiger partial charge in [-0.05, 0) is 89.8 Å². The number of aromatic hydroxyl groups is 1. The minimum absolute atomic E-state index is 0.00693. The van der Waals surface area contributed by atoms with E-state index in [2.05, 4.69) is 55.2 Å². The first-order valence-electron chi connectivity index (χ1n) is 12.8. The van der Waals surface area contributed by atoms with Gasteiger partial charge in [-0.25, -0.2) is 9.48 Å². The van der Waals surface area contributed by atoms with Crippen LogP contribution in [0.1, 0.15) is 66.9 Å². The zero-order chi connectivity index (χ0) is 28.3. The van der Waals surface area contributed by atoms with Crippen LogP contribution in [-0.4, -0.2) is 26.0 Å². The minimum atomic E-state index is -1.06. The molecule has 1 aliphatic carbocycles. The molecule has 0 spiro atoms. The zero-order valence-corrected chi connectivity index (χ0v) is 23.0. The molecule has 0 bridgehead atoms. The SMILES string of the molecule is Cc1cc(N=Nc2c(C)[nH]n(-c3ccc4c(c3)C(C)(C)CC4(C)C)c2=O)c(O)c(-c2cccc(C(=O)O)c2)c1. The van der Waals surface area contributed by atoms with Gasteiger partial charge in [-0.1, -0.05) is 45.9 Å². The van der Waals surface area contributed by atoms with E-state index in [4.69, 9.17) is 0 Å². The van der Waals surface area contributed by atoms with E-state index in [9.17, 15) is 19.8 Å². The number of aromatic nitrogens is 2. The van der Waals surface area contributed by atoms with E-state index in [1.807, 2.05) is 13.0 Å². The van der Waals surface area contributed by atoms with Crippen LogP contribution in [-0.2, 0) is 10.8 Å². The second-order valence-electron chi connectivity index (χ2n) is 11.7. The lowest BCUT2D eigenvalue weighted by atomic mass is 9.82. The highest BCUT2D eigenvalue weighted by Crippen LogP contribution is 2.49. The highest BCUT2D eigenvalue weighted by molar-refractivity contribution is 5.90. The Bertz CT molecular complexity index is 1720. The number of nitrogens with zero attached hydrogens (tertiary/aromatic N) is 3. The molecular formula is C31H32N4O4. The summed E-state index contributed by atoms with van der Waals surface area (Å²) in [5.74, 6) is -1.21. The maximum Gasteiger partial charge on any atom is 0.335 e. The second kappa shape index (κ2) is 9.08. The third kappa shape index (κ3) is 4.56. The molecule has 0 unspecified atom stereocenters. The molecule has 0 saturated carbocycles. The Hall–Kier alpha value is -4.46. The Kier molecular flexibility index (Phi) is 6.09. The number of azo groups is 1. The first-order valence-corrected chi connectivity index (χ1v) is 12.8. The first kappa shape index (κ1) is 26.2. The predicted octanol–water partition coefficient (Wildman–Crippen LogP) is 7.23. The number of aryl methyl sites for hydroxylation is 2.